The highest BCUT2D eigenvalue weighted by molar-refractivity contribution is 8.00. The molecule has 0 bridgehead atoms. The van der Waals surface area contributed by atoms with Crippen molar-refractivity contribution in [2.45, 2.75) is 38.1 Å². The van der Waals surface area contributed by atoms with Gasteiger partial charge in [0.1, 0.15) is 15.7 Å². The molecule has 4 rings (SSSR count). The number of thiophene rings is 1. The number of aryl methyl sites for hydroxylation is 4. The number of carbonyl (C=O) groups is 1. The number of benzene rings is 1. The van der Waals surface area contributed by atoms with Crippen molar-refractivity contribution >= 4 is 44.9 Å². The topological polar surface area (TPSA) is 54.9 Å². The molecule has 0 spiro atoms. The Kier molecular flexibility index (Phi) is 4.48. The molecule has 4 nitrogen and oxygen atoms in total. The van der Waals surface area contributed by atoms with Crippen molar-refractivity contribution in [2.24, 2.45) is 0 Å². The van der Waals surface area contributed by atoms with Gasteiger partial charge in [0.05, 0.1) is 5.75 Å². The Bertz CT molecular complexity index is 947. The monoisotopic (exact) mass is 369 g/mol. The SMILES string of the molecule is Cc1ccc(NC(=O)CSc2nc(C)nc3sc4c(c23)CCC4)cc1. The number of rotatable bonds is 4. The van der Waals surface area contributed by atoms with Gasteiger partial charge in [0.15, 0.2) is 0 Å². The third-order valence-corrected chi connectivity index (χ3v) is 6.48. The van der Waals surface area contributed by atoms with Crippen molar-refractivity contribution < 1.29 is 4.79 Å². The van der Waals surface area contributed by atoms with E-state index in [-0.39, 0.29) is 5.91 Å². The van der Waals surface area contributed by atoms with E-state index in [1.165, 1.54) is 39.6 Å². The van der Waals surface area contributed by atoms with Gasteiger partial charge in [-0.1, -0.05) is 29.5 Å². The Morgan fingerprint density at radius 1 is 1.20 bits per heavy atom. The molecule has 0 fully saturated rings. The second-order valence-electron chi connectivity index (χ2n) is 6.32. The zero-order valence-corrected chi connectivity index (χ0v) is 15.9. The lowest BCUT2D eigenvalue weighted by Gasteiger charge is -2.07. The maximum atomic E-state index is 12.3. The molecule has 0 radical (unpaired) electrons. The summed E-state index contributed by atoms with van der Waals surface area (Å²) in [5, 5.41) is 5.07. The van der Waals surface area contributed by atoms with Crippen LogP contribution in [0.15, 0.2) is 29.3 Å². The molecule has 0 saturated carbocycles. The average molecular weight is 370 g/mol. The van der Waals surface area contributed by atoms with Crippen molar-refractivity contribution in [3.63, 3.8) is 0 Å². The van der Waals surface area contributed by atoms with Gasteiger partial charge in [-0.05, 0) is 50.8 Å². The van der Waals surface area contributed by atoms with Crippen molar-refractivity contribution in [1.82, 2.24) is 9.97 Å². The molecule has 128 valence electrons. The van der Waals surface area contributed by atoms with E-state index in [0.29, 0.717) is 5.75 Å². The van der Waals surface area contributed by atoms with Crippen molar-refractivity contribution in [2.75, 3.05) is 11.1 Å². The van der Waals surface area contributed by atoms with E-state index in [1.807, 2.05) is 38.1 Å². The summed E-state index contributed by atoms with van der Waals surface area (Å²) in [5.74, 6) is 1.11. The molecule has 1 aliphatic carbocycles. The van der Waals surface area contributed by atoms with Crippen LogP contribution in [0.2, 0.25) is 0 Å². The zero-order valence-electron chi connectivity index (χ0n) is 14.3. The van der Waals surface area contributed by atoms with Gasteiger partial charge in [-0.25, -0.2) is 9.97 Å². The van der Waals surface area contributed by atoms with Crippen LogP contribution in [-0.4, -0.2) is 21.6 Å². The third kappa shape index (κ3) is 3.41. The Hall–Kier alpha value is -1.92. The normalized spacial score (nSPS) is 13.2. The Balaban J connectivity index is 1.52. The standard InChI is InChI=1S/C19H19N3OS2/c1-11-6-8-13(9-7-11)22-16(23)10-24-18-17-14-4-3-5-15(14)25-19(17)21-12(2)20-18/h6-9H,3-5,10H2,1-2H3,(H,22,23). The van der Waals surface area contributed by atoms with Gasteiger partial charge < -0.3 is 5.32 Å². The van der Waals surface area contributed by atoms with Gasteiger partial charge in [-0.3, -0.25) is 4.79 Å². The lowest BCUT2D eigenvalue weighted by Crippen LogP contribution is -2.14. The summed E-state index contributed by atoms with van der Waals surface area (Å²) in [5.41, 5.74) is 3.41. The minimum absolute atomic E-state index is 0.00913. The first-order valence-corrected chi connectivity index (χ1v) is 10.2. The molecule has 0 saturated heterocycles. The smallest absolute Gasteiger partial charge is 0.234 e. The van der Waals surface area contributed by atoms with Crippen molar-refractivity contribution in [3.05, 3.63) is 46.1 Å². The molecule has 0 aliphatic heterocycles. The van der Waals surface area contributed by atoms with Gasteiger partial charge in [-0.2, -0.15) is 0 Å². The average Bonchev–Trinajstić information content (AvgIpc) is 3.15. The highest BCUT2D eigenvalue weighted by Gasteiger charge is 2.22. The molecule has 0 unspecified atom stereocenters. The van der Waals surface area contributed by atoms with Crippen LogP contribution < -0.4 is 5.32 Å². The summed E-state index contributed by atoms with van der Waals surface area (Å²) in [6.07, 6.45) is 3.46. The number of amides is 1. The number of hydrogen-bond donors (Lipinski definition) is 1. The molecule has 1 amide bonds. The number of hydrogen-bond acceptors (Lipinski definition) is 5. The first-order valence-electron chi connectivity index (χ1n) is 8.38. The van der Waals surface area contributed by atoms with Gasteiger partial charge >= 0.3 is 0 Å². The molecule has 2 aromatic heterocycles. The van der Waals surface area contributed by atoms with Gasteiger partial charge in [0.25, 0.3) is 0 Å². The number of fused-ring (bicyclic) bond motifs is 3. The summed E-state index contributed by atoms with van der Waals surface area (Å²) < 4.78 is 0. The largest absolute Gasteiger partial charge is 0.325 e. The minimum Gasteiger partial charge on any atom is -0.325 e. The van der Waals surface area contributed by atoms with Crippen LogP contribution in [-0.2, 0) is 17.6 Å². The summed E-state index contributed by atoms with van der Waals surface area (Å²) in [6, 6.07) is 7.84. The van der Waals surface area contributed by atoms with E-state index in [2.05, 4.69) is 15.3 Å². The second-order valence-corrected chi connectivity index (χ2v) is 8.36. The number of nitrogens with zero attached hydrogens (tertiary/aromatic N) is 2. The van der Waals surface area contributed by atoms with Crippen LogP contribution in [0, 0.1) is 13.8 Å². The summed E-state index contributed by atoms with van der Waals surface area (Å²) in [7, 11) is 0. The van der Waals surface area contributed by atoms with E-state index < -0.39 is 0 Å². The predicted octanol–water partition coefficient (Wildman–Crippen LogP) is 4.53. The summed E-state index contributed by atoms with van der Waals surface area (Å²) in [4.78, 5) is 24.0. The van der Waals surface area contributed by atoms with Crippen molar-refractivity contribution in [1.29, 1.82) is 0 Å². The maximum Gasteiger partial charge on any atom is 0.234 e. The minimum atomic E-state index is -0.00913. The molecule has 3 aromatic rings. The second kappa shape index (κ2) is 6.77. The van der Waals surface area contributed by atoms with Gasteiger partial charge in [-0.15, -0.1) is 11.3 Å². The van der Waals surface area contributed by atoms with Crippen LogP contribution in [0.1, 0.15) is 28.2 Å². The molecule has 1 aliphatic rings. The lowest BCUT2D eigenvalue weighted by molar-refractivity contribution is -0.113. The van der Waals surface area contributed by atoms with Crippen LogP contribution in [0.25, 0.3) is 10.2 Å². The first-order chi connectivity index (χ1) is 12.1. The highest BCUT2D eigenvalue weighted by Crippen LogP contribution is 2.40. The van der Waals surface area contributed by atoms with E-state index in [4.69, 9.17) is 0 Å². The Morgan fingerprint density at radius 2 is 2.00 bits per heavy atom. The van der Waals surface area contributed by atoms with E-state index in [0.717, 1.165) is 34.2 Å². The first kappa shape index (κ1) is 16.5. The number of thioether (sulfide) groups is 1. The van der Waals surface area contributed by atoms with Crippen LogP contribution in [0.3, 0.4) is 0 Å². The molecular weight excluding hydrogens is 350 g/mol. The number of anilines is 1. The van der Waals surface area contributed by atoms with Crippen LogP contribution in [0.4, 0.5) is 5.69 Å². The number of aromatic nitrogens is 2. The molecule has 0 atom stereocenters. The quantitative estimate of drug-likeness (QED) is 0.542. The molecule has 2 heterocycles. The third-order valence-electron chi connectivity index (χ3n) is 4.32. The zero-order chi connectivity index (χ0) is 17.4. The van der Waals surface area contributed by atoms with Crippen LogP contribution in [0.5, 0.6) is 0 Å². The van der Waals surface area contributed by atoms with E-state index >= 15 is 0 Å². The van der Waals surface area contributed by atoms with Gasteiger partial charge in [0, 0.05) is 16.0 Å². The van der Waals surface area contributed by atoms with Gasteiger partial charge in [0.2, 0.25) is 5.91 Å². The molecule has 1 N–H and O–H groups in total. The number of nitrogens with one attached hydrogen (secondary N) is 1. The fraction of sp³-hybridized carbons (Fsp3) is 0.316. The highest BCUT2D eigenvalue weighted by atomic mass is 32.2. The van der Waals surface area contributed by atoms with Crippen molar-refractivity contribution in [3.8, 4) is 0 Å². The molecule has 6 heteroatoms. The molecular formula is C19H19N3OS2. The van der Waals surface area contributed by atoms with E-state index in [1.54, 1.807) is 11.3 Å². The molecule has 1 aromatic carbocycles. The fourth-order valence-electron chi connectivity index (χ4n) is 3.14. The Morgan fingerprint density at radius 3 is 2.80 bits per heavy atom. The Labute approximate surface area is 155 Å². The lowest BCUT2D eigenvalue weighted by atomic mass is 10.2. The number of carbonyl (C=O) groups excluding carboxylic acids is 1. The maximum absolute atomic E-state index is 12.3. The van der Waals surface area contributed by atoms with E-state index in [9.17, 15) is 4.79 Å². The molecule has 25 heavy (non-hydrogen) atoms. The summed E-state index contributed by atoms with van der Waals surface area (Å²) in [6.45, 7) is 3.95. The fourth-order valence-corrected chi connectivity index (χ4v) is 5.41. The summed E-state index contributed by atoms with van der Waals surface area (Å²) >= 11 is 3.30. The predicted molar refractivity (Wildman–Crippen MR) is 105 cm³/mol. The van der Waals surface area contributed by atoms with Crippen LogP contribution >= 0.6 is 23.1 Å².